The molecule has 0 spiro atoms. The normalized spacial score (nSPS) is 16.4. The van der Waals surface area contributed by atoms with Gasteiger partial charge in [0.2, 0.25) is 0 Å². The van der Waals surface area contributed by atoms with E-state index in [1.165, 1.54) is 0 Å². The molecule has 2 heterocycles. The van der Waals surface area contributed by atoms with Crippen molar-refractivity contribution in [3.8, 4) is 0 Å². The molecule has 3 aromatic carbocycles. The first kappa shape index (κ1) is 28.3. The van der Waals surface area contributed by atoms with Crippen molar-refractivity contribution < 1.29 is 9.59 Å². The lowest BCUT2D eigenvalue weighted by molar-refractivity contribution is 0.0974. The molecule has 2 N–H and O–H groups in total. The fraction of sp³-hybridized carbons (Fsp3) is 0.0435. The van der Waals surface area contributed by atoms with Gasteiger partial charge in [-0.1, -0.05) is 6.07 Å². The van der Waals surface area contributed by atoms with Crippen LogP contribution < -0.4 is 10.6 Å². The van der Waals surface area contributed by atoms with Crippen molar-refractivity contribution in [3.63, 3.8) is 0 Å². The predicted octanol–water partition coefficient (Wildman–Crippen LogP) is 9.74. The molecule has 2 aliphatic rings. The summed E-state index contributed by atoms with van der Waals surface area (Å²) in [5, 5.41) is 5.73. The van der Waals surface area contributed by atoms with E-state index in [0.717, 1.165) is 23.5 Å². The molecule has 0 radical (unpaired) electrons. The number of hydrogen-bond donors (Lipinski definition) is 2. The summed E-state index contributed by atoms with van der Waals surface area (Å²) in [6.07, 6.45) is 0. The van der Waals surface area contributed by atoms with Gasteiger partial charge in [-0.15, -0.1) is 0 Å². The number of nitrogens with zero attached hydrogens (tertiary/aromatic N) is 2. The second-order valence-electron chi connectivity index (χ2n) is 7.76. The van der Waals surface area contributed by atoms with E-state index >= 15 is 0 Å². The van der Waals surface area contributed by atoms with Gasteiger partial charge in [-0.25, -0.2) is 9.98 Å². The molecule has 0 aliphatic carbocycles. The minimum absolute atomic E-state index is 0.263. The number of nitrogens with one attached hydrogen (secondary N) is 2. The van der Waals surface area contributed by atoms with Crippen molar-refractivity contribution in [2.24, 2.45) is 9.98 Å². The Morgan fingerprint density at radius 3 is 1.22 bits per heavy atom. The van der Waals surface area contributed by atoms with E-state index in [1.54, 1.807) is 0 Å². The summed E-state index contributed by atoms with van der Waals surface area (Å²) in [6.45, 7) is 1.89. The van der Waals surface area contributed by atoms with Crippen LogP contribution in [0.4, 0.5) is 11.4 Å². The highest BCUT2D eigenvalue weighted by molar-refractivity contribution is 9.15. The molecule has 0 bridgehead atoms. The minimum Gasteiger partial charge on any atom is -0.306 e. The van der Waals surface area contributed by atoms with Crippen molar-refractivity contribution in [1.29, 1.82) is 0 Å². The molecule has 5 rings (SSSR count). The second kappa shape index (κ2) is 10.6. The highest BCUT2D eigenvalue weighted by Crippen LogP contribution is 2.46. The first-order valence-electron chi connectivity index (χ1n) is 10.1. The van der Waals surface area contributed by atoms with Crippen molar-refractivity contribution in [2.45, 2.75) is 6.92 Å². The van der Waals surface area contributed by atoms with Gasteiger partial charge in [-0.05, 0) is 146 Å². The van der Waals surface area contributed by atoms with E-state index in [9.17, 15) is 9.59 Å². The summed E-state index contributed by atoms with van der Waals surface area (Å²) in [5.41, 5.74) is 4.25. The van der Waals surface area contributed by atoms with Gasteiger partial charge in [0, 0.05) is 52.5 Å². The number of benzene rings is 3. The maximum Gasteiger partial charge on any atom is 0.258 e. The van der Waals surface area contributed by atoms with Crippen LogP contribution in [-0.2, 0) is 0 Å². The Morgan fingerprint density at radius 2 is 0.865 bits per heavy atom. The van der Waals surface area contributed by atoms with Crippen molar-refractivity contribution in [1.82, 2.24) is 10.6 Å². The Kier molecular flexibility index (Phi) is 8.14. The Labute approximate surface area is 278 Å². The van der Waals surface area contributed by atoms with Crippen LogP contribution in [-0.4, -0.2) is 23.5 Å². The van der Waals surface area contributed by atoms with E-state index in [4.69, 9.17) is 9.98 Å². The van der Waals surface area contributed by atoms with E-state index in [0.29, 0.717) is 63.2 Å². The van der Waals surface area contributed by atoms with Gasteiger partial charge in [-0.3, -0.25) is 9.59 Å². The van der Waals surface area contributed by atoms with Crippen LogP contribution in [0.25, 0.3) is 0 Å². The second-order valence-corrected chi connectivity index (χ2v) is 14.1. The topological polar surface area (TPSA) is 82.9 Å². The zero-order valence-electron chi connectivity index (χ0n) is 18.0. The third kappa shape index (κ3) is 4.64. The molecule has 14 heteroatoms. The predicted molar refractivity (Wildman–Crippen MR) is 173 cm³/mol. The molecule has 0 aromatic heterocycles. The maximum atomic E-state index is 12.8. The third-order valence-electron chi connectivity index (χ3n) is 5.67. The van der Waals surface area contributed by atoms with Gasteiger partial charge in [0.05, 0.1) is 22.5 Å². The Bertz CT molecular complexity index is 1550. The molecular formula is C23H8Br8N4O2. The van der Waals surface area contributed by atoms with E-state index < -0.39 is 0 Å². The SMILES string of the molecule is Cc1c(N=C2NC(=O)c3c(Br)c(Br)c(Br)c(Br)c32)cccc1N=C1NC(=O)c2c(Br)c(Br)c(Br)c(Br)c21. The maximum absolute atomic E-state index is 12.8. The van der Waals surface area contributed by atoms with Crippen LogP contribution >= 0.6 is 127 Å². The van der Waals surface area contributed by atoms with Crippen LogP contribution in [0.15, 0.2) is 64.0 Å². The number of carbonyl (C=O) groups excluding carboxylic acids is 2. The van der Waals surface area contributed by atoms with Gasteiger partial charge < -0.3 is 10.6 Å². The van der Waals surface area contributed by atoms with Gasteiger partial charge in [0.25, 0.3) is 11.8 Å². The van der Waals surface area contributed by atoms with Gasteiger partial charge in [0.15, 0.2) is 0 Å². The number of carbonyl (C=O) groups is 2. The Balaban J connectivity index is 1.64. The average Bonchev–Trinajstić information content (AvgIpc) is 3.36. The number of hydrogen-bond acceptors (Lipinski definition) is 4. The number of aliphatic imine (C=N–C) groups is 2. The van der Waals surface area contributed by atoms with Crippen LogP contribution in [0, 0.1) is 6.92 Å². The lowest BCUT2D eigenvalue weighted by Crippen LogP contribution is -2.21. The van der Waals surface area contributed by atoms with E-state index in [-0.39, 0.29) is 11.8 Å². The van der Waals surface area contributed by atoms with E-state index in [1.807, 2.05) is 25.1 Å². The zero-order chi connectivity index (χ0) is 26.9. The zero-order valence-corrected chi connectivity index (χ0v) is 30.7. The summed E-state index contributed by atoms with van der Waals surface area (Å²) in [7, 11) is 0. The highest BCUT2D eigenvalue weighted by atomic mass is 79.9. The van der Waals surface area contributed by atoms with Crippen molar-refractivity contribution in [3.05, 3.63) is 81.8 Å². The smallest absolute Gasteiger partial charge is 0.258 e. The molecule has 2 aliphatic heterocycles. The van der Waals surface area contributed by atoms with E-state index in [2.05, 4.69) is 138 Å². The number of rotatable bonds is 2. The summed E-state index contributed by atoms with van der Waals surface area (Å²) < 4.78 is 5.60. The number of amides is 2. The van der Waals surface area contributed by atoms with Crippen LogP contribution in [0.2, 0.25) is 0 Å². The molecule has 0 saturated carbocycles. The summed E-state index contributed by atoms with van der Waals surface area (Å²) in [6, 6.07) is 5.51. The van der Waals surface area contributed by atoms with Gasteiger partial charge in [-0.2, -0.15) is 0 Å². The molecule has 0 saturated heterocycles. The molecule has 188 valence electrons. The molecule has 0 unspecified atom stereocenters. The number of halogens is 8. The number of amidine groups is 2. The minimum atomic E-state index is -0.263. The lowest BCUT2D eigenvalue weighted by Gasteiger charge is -2.11. The quantitative estimate of drug-likeness (QED) is 0.198. The van der Waals surface area contributed by atoms with Gasteiger partial charge >= 0.3 is 0 Å². The van der Waals surface area contributed by atoms with Gasteiger partial charge in [0.1, 0.15) is 11.7 Å². The molecule has 6 nitrogen and oxygen atoms in total. The molecule has 37 heavy (non-hydrogen) atoms. The molecule has 0 fully saturated rings. The first-order valence-corrected chi connectivity index (χ1v) is 16.4. The Hall–Kier alpha value is -0.220. The van der Waals surface area contributed by atoms with Crippen LogP contribution in [0.5, 0.6) is 0 Å². The van der Waals surface area contributed by atoms with Crippen LogP contribution in [0.1, 0.15) is 37.4 Å². The summed E-state index contributed by atoms with van der Waals surface area (Å²) in [4.78, 5) is 35.1. The molecule has 2 amide bonds. The summed E-state index contributed by atoms with van der Waals surface area (Å²) in [5.74, 6) is 0.296. The fourth-order valence-corrected chi connectivity index (χ4v) is 8.83. The monoisotopic (exact) mass is 1000 g/mol. The van der Waals surface area contributed by atoms with Crippen molar-refractivity contribution >= 4 is 162 Å². The third-order valence-corrected chi connectivity index (χ3v) is 15.2. The summed E-state index contributed by atoms with van der Waals surface area (Å²) >= 11 is 28.3. The fourth-order valence-electron chi connectivity index (χ4n) is 3.86. The average molecular weight is 1010 g/mol. The largest absolute Gasteiger partial charge is 0.306 e. The standard InChI is InChI=1S/C23H8Br8N4O2/c1-5-6(32-20-8-10(22(36)34-20)14(26)18(30)16(28)12(8)24)3-2-4-7(5)33-21-9-11(23(37)35-21)15(27)19(31)17(29)13(9)25/h2-4H,1H3,(H,32,34,36)(H,33,35,37). The molecule has 0 atom stereocenters. The lowest BCUT2D eigenvalue weighted by atomic mass is 10.1. The molecular weight excluding hydrogens is 1000 g/mol. The number of fused-ring (bicyclic) bond motifs is 2. The first-order chi connectivity index (χ1) is 17.4. The Morgan fingerprint density at radius 1 is 0.541 bits per heavy atom. The van der Waals surface area contributed by atoms with Crippen LogP contribution in [0.3, 0.4) is 0 Å². The highest BCUT2D eigenvalue weighted by Gasteiger charge is 2.35. The molecule has 3 aromatic rings. The van der Waals surface area contributed by atoms with Crippen molar-refractivity contribution in [2.75, 3.05) is 0 Å².